The maximum Gasteiger partial charge on any atom is 0.356 e. The van der Waals surface area contributed by atoms with Gasteiger partial charge < -0.3 is 15.5 Å². The second kappa shape index (κ2) is 4.79. The van der Waals surface area contributed by atoms with Crippen molar-refractivity contribution in [1.29, 1.82) is 0 Å². The predicted molar refractivity (Wildman–Crippen MR) is 49.5 cm³/mol. The van der Waals surface area contributed by atoms with Crippen molar-refractivity contribution in [3.8, 4) is 0 Å². The Labute approximate surface area is 88.9 Å². The molecule has 0 amide bonds. The Balaban J connectivity index is 2.59. The van der Waals surface area contributed by atoms with E-state index in [1.807, 2.05) is 0 Å². The summed E-state index contributed by atoms with van der Waals surface area (Å²) in [6, 6.07) is 2.35. The first-order chi connectivity index (χ1) is 7.44. The third-order valence-electron chi connectivity index (χ3n) is 1.64. The van der Waals surface area contributed by atoms with Crippen molar-refractivity contribution in [2.24, 2.45) is 0 Å². The maximum atomic E-state index is 12.6. The molecule has 0 saturated heterocycles. The summed E-state index contributed by atoms with van der Waals surface area (Å²) in [5.41, 5.74) is -0.278. The minimum atomic E-state index is -3.26. The fraction of sp³-hybridized carbons (Fsp3) is 0.375. The smallest absolute Gasteiger partial charge is 0.356 e. The summed E-state index contributed by atoms with van der Waals surface area (Å²) in [7, 11) is 0. The average Bonchev–Trinajstić information content (AvgIpc) is 2.27. The van der Waals surface area contributed by atoms with Crippen molar-refractivity contribution in [1.82, 2.24) is 10.2 Å². The number of carboxylic acid groups (broad SMARTS) is 1. The van der Waals surface area contributed by atoms with Gasteiger partial charge in [0.2, 0.25) is 0 Å². The number of aromatic carboxylic acids is 1. The van der Waals surface area contributed by atoms with Crippen LogP contribution in [-0.2, 0) is 0 Å². The number of aliphatic hydroxyl groups is 1. The van der Waals surface area contributed by atoms with Crippen molar-refractivity contribution in [3.63, 3.8) is 0 Å². The van der Waals surface area contributed by atoms with E-state index in [4.69, 9.17) is 10.2 Å². The number of nitrogens with zero attached hydrogens (tertiary/aromatic N) is 2. The molecule has 0 fully saturated rings. The molecule has 1 aromatic rings. The first-order valence-electron chi connectivity index (χ1n) is 4.24. The van der Waals surface area contributed by atoms with Crippen molar-refractivity contribution < 1.29 is 23.8 Å². The van der Waals surface area contributed by atoms with E-state index in [0.717, 1.165) is 6.07 Å². The molecule has 0 saturated carbocycles. The first kappa shape index (κ1) is 12.2. The van der Waals surface area contributed by atoms with E-state index in [9.17, 15) is 13.6 Å². The Morgan fingerprint density at radius 2 is 2.12 bits per heavy atom. The molecule has 0 radical (unpaired) electrons. The lowest BCUT2D eigenvalue weighted by molar-refractivity contribution is -0.0373. The second-order valence-corrected chi connectivity index (χ2v) is 2.98. The van der Waals surface area contributed by atoms with Gasteiger partial charge in [0.15, 0.2) is 5.69 Å². The summed E-state index contributed by atoms with van der Waals surface area (Å²) in [4.78, 5) is 10.4. The normalized spacial score (nSPS) is 11.2. The van der Waals surface area contributed by atoms with Crippen LogP contribution in [0.1, 0.15) is 10.5 Å². The van der Waals surface area contributed by atoms with Gasteiger partial charge in [-0.1, -0.05) is 0 Å². The molecule has 1 heterocycles. The zero-order valence-corrected chi connectivity index (χ0v) is 8.02. The van der Waals surface area contributed by atoms with E-state index >= 15 is 0 Å². The highest BCUT2D eigenvalue weighted by molar-refractivity contribution is 5.85. The Morgan fingerprint density at radius 1 is 1.44 bits per heavy atom. The second-order valence-electron chi connectivity index (χ2n) is 2.98. The number of halogens is 2. The highest BCUT2D eigenvalue weighted by Crippen LogP contribution is 2.12. The molecular weight excluding hydrogens is 224 g/mol. The lowest BCUT2D eigenvalue weighted by Gasteiger charge is -2.13. The van der Waals surface area contributed by atoms with E-state index in [0.29, 0.717) is 0 Å². The molecule has 1 rings (SSSR count). The molecule has 6 nitrogen and oxygen atoms in total. The zero-order valence-electron chi connectivity index (χ0n) is 8.02. The number of nitrogens with one attached hydrogen (secondary N) is 1. The van der Waals surface area contributed by atoms with Gasteiger partial charge in [0, 0.05) is 0 Å². The molecule has 0 atom stereocenters. The molecule has 0 aliphatic carbocycles. The van der Waals surface area contributed by atoms with Crippen LogP contribution in [0.2, 0.25) is 0 Å². The molecule has 16 heavy (non-hydrogen) atoms. The number of carbonyl (C=O) groups is 1. The average molecular weight is 233 g/mol. The molecule has 88 valence electrons. The third-order valence-corrected chi connectivity index (χ3v) is 1.64. The van der Waals surface area contributed by atoms with E-state index < -0.39 is 25.0 Å². The van der Waals surface area contributed by atoms with Crippen LogP contribution >= 0.6 is 0 Å². The SMILES string of the molecule is O=C(O)c1ccc(NCC(F)(F)CO)nn1. The minimum absolute atomic E-state index is 0.0122. The molecular formula is C8H9F2N3O3. The number of rotatable bonds is 5. The molecule has 0 unspecified atom stereocenters. The standard InChI is InChI=1S/C8H9F2N3O3/c9-8(10,4-14)3-11-6-2-1-5(7(15)16)12-13-6/h1-2,14H,3-4H2,(H,11,13)(H,15,16). The monoisotopic (exact) mass is 233 g/mol. The number of carboxylic acids is 1. The number of aliphatic hydroxyl groups excluding tert-OH is 1. The van der Waals surface area contributed by atoms with Crippen LogP contribution in [0.5, 0.6) is 0 Å². The van der Waals surface area contributed by atoms with E-state index in [1.54, 1.807) is 0 Å². The summed E-state index contributed by atoms with van der Waals surface area (Å²) in [5.74, 6) is -4.49. The summed E-state index contributed by atoms with van der Waals surface area (Å²) in [5, 5.41) is 25.7. The van der Waals surface area contributed by atoms with Gasteiger partial charge in [-0.2, -0.15) is 0 Å². The molecule has 0 bridgehead atoms. The van der Waals surface area contributed by atoms with Crippen molar-refractivity contribution in [2.75, 3.05) is 18.5 Å². The summed E-state index contributed by atoms with van der Waals surface area (Å²) < 4.78 is 25.2. The van der Waals surface area contributed by atoms with E-state index in [1.165, 1.54) is 6.07 Å². The van der Waals surface area contributed by atoms with Crippen LogP contribution < -0.4 is 5.32 Å². The van der Waals surface area contributed by atoms with Crippen LogP contribution in [0.15, 0.2) is 12.1 Å². The summed E-state index contributed by atoms with van der Waals surface area (Å²) >= 11 is 0. The quantitative estimate of drug-likeness (QED) is 0.673. The van der Waals surface area contributed by atoms with Gasteiger partial charge in [0.1, 0.15) is 12.4 Å². The summed E-state index contributed by atoms with van der Waals surface area (Å²) in [6.07, 6.45) is 0. The fourth-order valence-electron chi connectivity index (χ4n) is 0.816. The lowest BCUT2D eigenvalue weighted by Crippen LogP contribution is -2.31. The Bertz CT molecular complexity index is 369. The van der Waals surface area contributed by atoms with Crippen LogP contribution in [0.25, 0.3) is 0 Å². The Morgan fingerprint density at radius 3 is 2.56 bits per heavy atom. The minimum Gasteiger partial charge on any atom is -0.476 e. The zero-order chi connectivity index (χ0) is 12.2. The molecule has 0 aliphatic rings. The number of hydrogen-bond acceptors (Lipinski definition) is 5. The van der Waals surface area contributed by atoms with Gasteiger partial charge in [-0.25, -0.2) is 13.6 Å². The van der Waals surface area contributed by atoms with Crippen LogP contribution in [-0.4, -0.2) is 45.5 Å². The molecule has 0 spiro atoms. The largest absolute Gasteiger partial charge is 0.476 e. The Kier molecular flexibility index (Phi) is 3.67. The topological polar surface area (TPSA) is 95.3 Å². The van der Waals surface area contributed by atoms with Gasteiger partial charge in [-0.3, -0.25) is 0 Å². The van der Waals surface area contributed by atoms with Gasteiger partial charge >= 0.3 is 5.97 Å². The van der Waals surface area contributed by atoms with Crippen molar-refractivity contribution >= 4 is 11.8 Å². The molecule has 8 heteroatoms. The third kappa shape index (κ3) is 3.39. The van der Waals surface area contributed by atoms with Crippen molar-refractivity contribution in [3.05, 3.63) is 17.8 Å². The van der Waals surface area contributed by atoms with Crippen molar-refractivity contribution in [2.45, 2.75) is 5.92 Å². The highest BCUT2D eigenvalue weighted by Gasteiger charge is 2.27. The molecule has 3 N–H and O–H groups in total. The first-order valence-corrected chi connectivity index (χ1v) is 4.24. The number of aromatic nitrogens is 2. The highest BCUT2D eigenvalue weighted by atomic mass is 19.3. The predicted octanol–water partition coefficient (Wildman–Crippen LogP) is 0.214. The van der Waals surface area contributed by atoms with Gasteiger partial charge in [-0.15, -0.1) is 10.2 Å². The van der Waals surface area contributed by atoms with Gasteiger partial charge in [-0.05, 0) is 12.1 Å². The maximum absolute atomic E-state index is 12.6. The molecule has 1 aromatic heterocycles. The Hall–Kier alpha value is -1.83. The molecule has 0 aliphatic heterocycles. The van der Waals surface area contributed by atoms with Crippen LogP contribution in [0.4, 0.5) is 14.6 Å². The van der Waals surface area contributed by atoms with Gasteiger partial charge in [0.25, 0.3) is 5.92 Å². The van der Waals surface area contributed by atoms with Crippen LogP contribution in [0, 0.1) is 0 Å². The number of anilines is 1. The molecule has 0 aromatic carbocycles. The van der Waals surface area contributed by atoms with Crippen LogP contribution in [0.3, 0.4) is 0 Å². The fourth-order valence-corrected chi connectivity index (χ4v) is 0.816. The number of hydrogen-bond donors (Lipinski definition) is 3. The number of alkyl halides is 2. The lowest BCUT2D eigenvalue weighted by atomic mass is 10.3. The summed E-state index contributed by atoms with van der Waals surface area (Å²) in [6.45, 7) is -2.08. The van der Waals surface area contributed by atoms with E-state index in [2.05, 4.69) is 15.5 Å². The van der Waals surface area contributed by atoms with Gasteiger partial charge in [0.05, 0.1) is 6.54 Å². The van der Waals surface area contributed by atoms with E-state index in [-0.39, 0.29) is 11.5 Å².